The van der Waals surface area contributed by atoms with E-state index in [0.29, 0.717) is 12.3 Å². The molecular weight excluding hydrogens is 462 g/mol. The predicted molar refractivity (Wildman–Crippen MR) is 140 cm³/mol. The van der Waals surface area contributed by atoms with Gasteiger partial charge in [-0.3, -0.25) is 4.90 Å². The van der Waals surface area contributed by atoms with Gasteiger partial charge in [-0.2, -0.15) is 0 Å². The third-order valence-corrected chi connectivity index (χ3v) is 7.79. The summed E-state index contributed by atoms with van der Waals surface area (Å²) < 4.78 is 26.9. The first-order valence-electron chi connectivity index (χ1n) is 12.4. The molecule has 0 aromatic heterocycles. The zero-order valence-corrected chi connectivity index (χ0v) is 20.8. The van der Waals surface area contributed by atoms with Gasteiger partial charge in [-0.05, 0) is 66.9 Å². The number of β-amino-alcohol motifs (C(OH)–C–C–N with tert-alkyl or cyclic N) is 1. The molecule has 0 unspecified atom stereocenters. The molecule has 0 spiro atoms. The van der Waals surface area contributed by atoms with E-state index in [9.17, 15) is 13.9 Å². The van der Waals surface area contributed by atoms with Crippen LogP contribution in [-0.4, -0.2) is 66.0 Å². The van der Waals surface area contributed by atoms with Crippen LogP contribution < -0.4 is 0 Å². The van der Waals surface area contributed by atoms with Gasteiger partial charge in [-0.25, -0.2) is 8.78 Å². The van der Waals surface area contributed by atoms with Gasteiger partial charge in [0.1, 0.15) is 11.6 Å². The monoisotopic (exact) mass is 496 g/mol. The van der Waals surface area contributed by atoms with Crippen molar-refractivity contribution in [2.45, 2.75) is 29.8 Å². The lowest BCUT2D eigenvalue weighted by atomic mass is 9.87. The van der Waals surface area contributed by atoms with Crippen molar-refractivity contribution in [2.75, 3.05) is 45.0 Å². The van der Waals surface area contributed by atoms with Crippen LogP contribution in [0.25, 0.3) is 0 Å². The lowest BCUT2D eigenvalue weighted by Gasteiger charge is -2.35. The molecule has 6 heteroatoms. The maximum Gasteiger partial charge on any atom is 0.123 e. The van der Waals surface area contributed by atoms with E-state index in [1.807, 2.05) is 42.5 Å². The van der Waals surface area contributed by atoms with Gasteiger partial charge in [-0.1, -0.05) is 42.5 Å². The van der Waals surface area contributed by atoms with Crippen LogP contribution in [-0.2, 0) is 0 Å². The molecule has 1 fully saturated rings. The van der Waals surface area contributed by atoms with Gasteiger partial charge in [0.2, 0.25) is 0 Å². The first kappa shape index (κ1) is 25.8. The highest BCUT2D eigenvalue weighted by atomic mass is 32.2. The summed E-state index contributed by atoms with van der Waals surface area (Å²) in [5, 5.41) is 10.5. The Kier molecular flexibility index (Phi) is 9.72. The fourth-order valence-electron chi connectivity index (χ4n) is 4.69. The van der Waals surface area contributed by atoms with Gasteiger partial charge >= 0.3 is 0 Å². The van der Waals surface area contributed by atoms with Gasteiger partial charge in [0.05, 0.1) is 6.10 Å². The van der Waals surface area contributed by atoms with E-state index < -0.39 is 0 Å². The van der Waals surface area contributed by atoms with Gasteiger partial charge < -0.3 is 10.0 Å². The fraction of sp³-hybridized carbons (Fsp3) is 0.379. The number of benzene rings is 3. The van der Waals surface area contributed by atoms with Gasteiger partial charge in [0.15, 0.2) is 0 Å². The first-order chi connectivity index (χ1) is 17.1. The van der Waals surface area contributed by atoms with Crippen LogP contribution in [0.1, 0.15) is 29.9 Å². The number of aliphatic hydroxyl groups excluding tert-OH is 1. The summed E-state index contributed by atoms with van der Waals surface area (Å²) in [6, 6.07) is 23.5. The minimum absolute atomic E-state index is 0.120. The molecule has 0 amide bonds. The van der Waals surface area contributed by atoms with E-state index in [1.165, 1.54) is 29.2 Å². The summed E-state index contributed by atoms with van der Waals surface area (Å²) in [6.07, 6.45) is 1.60. The molecule has 0 radical (unpaired) electrons. The van der Waals surface area contributed by atoms with E-state index in [2.05, 4.69) is 21.9 Å². The highest BCUT2D eigenvalue weighted by Gasteiger charge is 2.20. The second kappa shape index (κ2) is 13.2. The number of piperazine rings is 1. The molecule has 3 aromatic rings. The summed E-state index contributed by atoms with van der Waals surface area (Å²) >= 11 is 1.70. The van der Waals surface area contributed by atoms with Crippen LogP contribution in [0.3, 0.4) is 0 Å². The van der Waals surface area contributed by atoms with Crippen molar-refractivity contribution in [3.05, 3.63) is 102 Å². The molecule has 1 aliphatic rings. The summed E-state index contributed by atoms with van der Waals surface area (Å²) in [6.45, 7) is 5.63. The van der Waals surface area contributed by atoms with Crippen molar-refractivity contribution in [1.29, 1.82) is 0 Å². The third kappa shape index (κ3) is 8.14. The smallest absolute Gasteiger partial charge is 0.123 e. The predicted octanol–water partition coefficient (Wildman–Crippen LogP) is 5.65. The molecule has 1 N–H and O–H groups in total. The second-order valence-corrected chi connectivity index (χ2v) is 10.3. The van der Waals surface area contributed by atoms with Crippen LogP contribution in [0, 0.1) is 11.6 Å². The second-order valence-electron chi connectivity index (χ2n) is 9.22. The Labute approximate surface area is 211 Å². The number of thioether (sulfide) groups is 1. The number of hydrogen-bond acceptors (Lipinski definition) is 4. The molecule has 186 valence electrons. The summed E-state index contributed by atoms with van der Waals surface area (Å²) in [4.78, 5) is 6.02. The molecule has 0 saturated carbocycles. The highest BCUT2D eigenvalue weighted by molar-refractivity contribution is 7.99. The fourth-order valence-corrected chi connectivity index (χ4v) is 5.53. The maximum absolute atomic E-state index is 13.5. The average Bonchev–Trinajstić information content (AvgIpc) is 2.88. The van der Waals surface area contributed by atoms with Gasteiger partial charge in [-0.15, -0.1) is 11.8 Å². The first-order valence-corrected chi connectivity index (χ1v) is 13.4. The van der Waals surface area contributed by atoms with Crippen LogP contribution in [0.4, 0.5) is 8.78 Å². The van der Waals surface area contributed by atoms with Crippen molar-refractivity contribution in [2.24, 2.45) is 0 Å². The number of halogens is 2. The van der Waals surface area contributed by atoms with E-state index >= 15 is 0 Å². The molecule has 1 atom stereocenters. The van der Waals surface area contributed by atoms with Crippen molar-refractivity contribution in [1.82, 2.24) is 9.80 Å². The van der Waals surface area contributed by atoms with Crippen LogP contribution in [0.2, 0.25) is 0 Å². The van der Waals surface area contributed by atoms with Crippen molar-refractivity contribution < 1.29 is 13.9 Å². The Balaban J connectivity index is 1.21. The number of aliphatic hydroxyl groups is 1. The number of hydrogen-bond donors (Lipinski definition) is 1. The molecular formula is C29H34F2N2OS. The molecule has 1 saturated heterocycles. The van der Waals surface area contributed by atoms with Gasteiger partial charge in [0.25, 0.3) is 0 Å². The topological polar surface area (TPSA) is 26.7 Å². The summed E-state index contributed by atoms with van der Waals surface area (Å²) in [5.74, 6) is 0.342. The molecule has 0 aliphatic carbocycles. The highest BCUT2D eigenvalue weighted by Crippen LogP contribution is 2.30. The molecule has 0 bridgehead atoms. The lowest BCUT2D eigenvalue weighted by molar-refractivity contribution is 0.0819. The van der Waals surface area contributed by atoms with Crippen molar-refractivity contribution in [3.63, 3.8) is 0 Å². The minimum atomic E-state index is -0.334. The average molecular weight is 497 g/mol. The van der Waals surface area contributed by atoms with Crippen LogP contribution >= 0.6 is 11.8 Å². The van der Waals surface area contributed by atoms with Crippen molar-refractivity contribution >= 4 is 11.8 Å². The zero-order valence-electron chi connectivity index (χ0n) is 20.0. The van der Waals surface area contributed by atoms with E-state index in [1.54, 1.807) is 11.8 Å². The largest absolute Gasteiger partial charge is 0.391 e. The van der Waals surface area contributed by atoms with E-state index in [0.717, 1.165) is 56.7 Å². The number of rotatable bonds is 11. The van der Waals surface area contributed by atoms with E-state index in [-0.39, 0.29) is 23.7 Å². The zero-order chi connectivity index (χ0) is 24.5. The maximum atomic E-state index is 13.5. The summed E-state index contributed by atoms with van der Waals surface area (Å²) in [7, 11) is 0. The minimum Gasteiger partial charge on any atom is -0.391 e. The lowest BCUT2D eigenvalue weighted by Crippen LogP contribution is -2.49. The molecule has 1 heterocycles. The normalized spacial score (nSPS) is 16.0. The summed E-state index contributed by atoms with van der Waals surface area (Å²) in [5.41, 5.74) is 2.12. The van der Waals surface area contributed by atoms with E-state index in [4.69, 9.17) is 0 Å². The SMILES string of the molecule is O[C@@H](CSc1ccccc1)CN1CCN(CCCC(c2ccc(F)cc2)c2ccc(F)cc2)CC1. The Bertz CT molecular complexity index is 964. The Morgan fingerprint density at radius 1 is 0.743 bits per heavy atom. The van der Waals surface area contributed by atoms with Crippen LogP contribution in [0.15, 0.2) is 83.8 Å². The van der Waals surface area contributed by atoms with Gasteiger partial charge in [0, 0.05) is 49.3 Å². The quantitative estimate of drug-likeness (QED) is 0.347. The standard InChI is InChI=1S/C29H34F2N2OS/c30-25-12-8-23(9-13-25)29(24-10-14-26(31)15-11-24)7-4-16-32-17-19-33(20-18-32)21-27(34)22-35-28-5-2-1-3-6-28/h1-3,5-6,8-15,27,29,34H,4,7,16-22H2/t27-/m1/s1. The number of nitrogens with zero attached hydrogens (tertiary/aromatic N) is 2. The Morgan fingerprint density at radius 2 is 1.29 bits per heavy atom. The third-order valence-electron chi connectivity index (χ3n) is 6.63. The Morgan fingerprint density at radius 3 is 1.86 bits per heavy atom. The molecule has 3 nitrogen and oxygen atoms in total. The molecule has 35 heavy (non-hydrogen) atoms. The molecule has 4 rings (SSSR count). The molecule has 3 aromatic carbocycles. The van der Waals surface area contributed by atoms with Crippen molar-refractivity contribution in [3.8, 4) is 0 Å². The molecule has 1 aliphatic heterocycles. The Hall–Kier alpha value is -2.25. The van der Waals surface area contributed by atoms with Crippen LogP contribution in [0.5, 0.6) is 0 Å².